The molecule has 8 nitrogen and oxygen atoms in total. The minimum atomic E-state index is -0.720. The monoisotopic (exact) mass is 349 g/mol. The number of piperidine rings is 1. The van der Waals surface area contributed by atoms with Gasteiger partial charge in [0.15, 0.2) is 0 Å². The molecule has 1 heterocycles. The topological polar surface area (TPSA) is 102 Å². The van der Waals surface area contributed by atoms with E-state index in [-0.39, 0.29) is 16.8 Å². The van der Waals surface area contributed by atoms with Crippen LogP contribution < -0.4 is 5.32 Å². The molecule has 2 rings (SSSR count). The van der Waals surface area contributed by atoms with E-state index in [1.165, 1.54) is 32.4 Å². The lowest BCUT2D eigenvalue weighted by atomic mass is 10.1. The van der Waals surface area contributed by atoms with E-state index in [4.69, 9.17) is 0 Å². The molecule has 1 aliphatic heterocycles. The van der Waals surface area contributed by atoms with Gasteiger partial charge in [0.25, 0.3) is 11.6 Å². The average Bonchev–Trinajstić information content (AvgIpc) is 2.64. The summed E-state index contributed by atoms with van der Waals surface area (Å²) in [6.07, 6.45) is 4.53. The highest BCUT2D eigenvalue weighted by Gasteiger charge is 2.18. The number of nitro benzene ring substituents is 1. The number of carbonyl (C=O) groups excluding carboxylic acids is 2. The maximum absolute atomic E-state index is 12.2. The molecule has 0 bridgehead atoms. The smallest absolute Gasteiger partial charge is 0.338 e. The van der Waals surface area contributed by atoms with Crippen LogP contribution in [0.3, 0.4) is 0 Å². The SMILES string of the molecule is COC(=O)c1cc(C(=O)NCCCN2CCCCC2)cc([N+](=O)[O-])c1. The normalized spacial score (nSPS) is 14.8. The number of nitrogens with one attached hydrogen (secondary N) is 1. The molecule has 1 saturated heterocycles. The zero-order valence-corrected chi connectivity index (χ0v) is 14.3. The van der Waals surface area contributed by atoms with E-state index in [1.54, 1.807) is 0 Å². The molecule has 0 aliphatic carbocycles. The second-order valence-electron chi connectivity index (χ2n) is 6.03. The van der Waals surface area contributed by atoms with Gasteiger partial charge in [0.1, 0.15) is 0 Å². The van der Waals surface area contributed by atoms with Crippen molar-refractivity contribution in [1.82, 2.24) is 10.2 Å². The number of hydrogen-bond donors (Lipinski definition) is 1. The highest BCUT2D eigenvalue weighted by Crippen LogP contribution is 2.18. The minimum Gasteiger partial charge on any atom is -0.465 e. The summed E-state index contributed by atoms with van der Waals surface area (Å²) in [6.45, 7) is 3.59. The average molecular weight is 349 g/mol. The van der Waals surface area contributed by atoms with Crippen molar-refractivity contribution >= 4 is 17.6 Å². The summed E-state index contributed by atoms with van der Waals surface area (Å²) < 4.78 is 4.57. The number of likely N-dealkylation sites (tertiary alicyclic amines) is 1. The Morgan fingerprint density at radius 1 is 1.20 bits per heavy atom. The van der Waals surface area contributed by atoms with Crippen LogP contribution in [-0.4, -0.2) is 55.0 Å². The highest BCUT2D eigenvalue weighted by atomic mass is 16.6. The Labute approximate surface area is 146 Å². The summed E-state index contributed by atoms with van der Waals surface area (Å²) in [5.41, 5.74) is -0.260. The Balaban J connectivity index is 1.94. The molecule has 0 saturated carbocycles. The largest absolute Gasteiger partial charge is 0.465 e. The van der Waals surface area contributed by atoms with Crippen molar-refractivity contribution in [2.45, 2.75) is 25.7 Å². The first kappa shape index (κ1) is 18.9. The van der Waals surface area contributed by atoms with E-state index in [9.17, 15) is 19.7 Å². The number of ether oxygens (including phenoxy) is 1. The Morgan fingerprint density at radius 3 is 2.52 bits per heavy atom. The fourth-order valence-corrected chi connectivity index (χ4v) is 2.87. The van der Waals surface area contributed by atoms with E-state index < -0.39 is 16.8 Å². The van der Waals surface area contributed by atoms with Crippen LogP contribution in [0.1, 0.15) is 46.4 Å². The molecule has 0 radical (unpaired) electrons. The Hall–Kier alpha value is -2.48. The first-order valence-corrected chi connectivity index (χ1v) is 8.39. The van der Waals surface area contributed by atoms with Crippen molar-refractivity contribution in [3.05, 3.63) is 39.4 Å². The zero-order valence-electron chi connectivity index (χ0n) is 14.3. The molecule has 0 unspecified atom stereocenters. The molecule has 1 aliphatic rings. The number of amides is 1. The third-order valence-corrected chi connectivity index (χ3v) is 4.20. The van der Waals surface area contributed by atoms with Crippen LogP contribution in [-0.2, 0) is 4.74 Å². The lowest BCUT2D eigenvalue weighted by Gasteiger charge is -2.26. The summed E-state index contributed by atoms with van der Waals surface area (Å²) in [5.74, 6) is -1.16. The zero-order chi connectivity index (χ0) is 18.2. The third kappa shape index (κ3) is 5.53. The van der Waals surface area contributed by atoms with Gasteiger partial charge < -0.3 is 15.0 Å². The first-order valence-electron chi connectivity index (χ1n) is 8.39. The van der Waals surface area contributed by atoms with E-state index in [0.29, 0.717) is 6.54 Å². The van der Waals surface area contributed by atoms with Crippen LogP contribution in [0, 0.1) is 10.1 Å². The number of hydrogen-bond acceptors (Lipinski definition) is 6. The fourth-order valence-electron chi connectivity index (χ4n) is 2.87. The molecule has 0 atom stereocenters. The summed E-state index contributed by atoms with van der Waals surface area (Å²) in [4.78, 5) is 36.6. The minimum absolute atomic E-state index is 0.0184. The van der Waals surface area contributed by atoms with E-state index in [2.05, 4.69) is 15.0 Å². The predicted octanol–water partition coefficient (Wildman–Crippen LogP) is 1.99. The van der Waals surface area contributed by atoms with Crippen molar-refractivity contribution in [3.63, 3.8) is 0 Å². The molecular formula is C17H23N3O5. The number of methoxy groups -OCH3 is 1. The van der Waals surface area contributed by atoms with Crippen molar-refractivity contribution in [2.75, 3.05) is 33.3 Å². The van der Waals surface area contributed by atoms with Crippen LogP contribution >= 0.6 is 0 Å². The molecule has 1 aromatic rings. The first-order chi connectivity index (χ1) is 12.0. The molecular weight excluding hydrogens is 326 g/mol. The highest BCUT2D eigenvalue weighted by molar-refractivity contribution is 5.98. The lowest BCUT2D eigenvalue weighted by Crippen LogP contribution is -2.33. The Bertz CT molecular complexity index is 641. The Morgan fingerprint density at radius 2 is 1.88 bits per heavy atom. The van der Waals surface area contributed by atoms with Crippen LogP contribution in [0.5, 0.6) is 0 Å². The second kappa shape index (κ2) is 9.12. The van der Waals surface area contributed by atoms with E-state index >= 15 is 0 Å². The summed E-state index contributed by atoms with van der Waals surface area (Å²) in [7, 11) is 1.18. The number of carbonyl (C=O) groups is 2. The van der Waals surface area contributed by atoms with Crippen molar-refractivity contribution in [2.24, 2.45) is 0 Å². The van der Waals surface area contributed by atoms with Gasteiger partial charge in [-0.25, -0.2) is 4.79 Å². The van der Waals surface area contributed by atoms with E-state index in [0.717, 1.165) is 38.2 Å². The Kier molecular flexibility index (Phi) is 6.88. The maximum Gasteiger partial charge on any atom is 0.338 e. The van der Waals surface area contributed by atoms with Gasteiger partial charge in [-0.3, -0.25) is 14.9 Å². The van der Waals surface area contributed by atoms with Gasteiger partial charge >= 0.3 is 5.97 Å². The van der Waals surface area contributed by atoms with Gasteiger partial charge in [-0.15, -0.1) is 0 Å². The van der Waals surface area contributed by atoms with Gasteiger partial charge in [0.2, 0.25) is 0 Å². The van der Waals surface area contributed by atoms with Crippen LogP contribution in [0.25, 0.3) is 0 Å². The second-order valence-corrected chi connectivity index (χ2v) is 6.03. The predicted molar refractivity (Wildman–Crippen MR) is 91.7 cm³/mol. The van der Waals surface area contributed by atoms with Gasteiger partial charge in [0, 0.05) is 24.2 Å². The molecule has 0 aromatic heterocycles. The molecule has 8 heteroatoms. The summed E-state index contributed by atoms with van der Waals surface area (Å²) >= 11 is 0. The van der Waals surface area contributed by atoms with Crippen molar-refractivity contribution in [1.29, 1.82) is 0 Å². The van der Waals surface area contributed by atoms with Crippen molar-refractivity contribution in [3.8, 4) is 0 Å². The lowest BCUT2D eigenvalue weighted by molar-refractivity contribution is -0.384. The number of rotatable bonds is 7. The number of nitrogens with zero attached hydrogens (tertiary/aromatic N) is 2. The van der Waals surface area contributed by atoms with Gasteiger partial charge in [-0.2, -0.15) is 0 Å². The van der Waals surface area contributed by atoms with Gasteiger partial charge in [0.05, 0.1) is 17.6 Å². The number of esters is 1. The number of nitro groups is 1. The van der Waals surface area contributed by atoms with Crippen LogP contribution in [0.15, 0.2) is 18.2 Å². The molecule has 1 amide bonds. The maximum atomic E-state index is 12.2. The molecule has 0 spiro atoms. The van der Waals surface area contributed by atoms with Gasteiger partial charge in [-0.1, -0.05) is 6.42 Å². The molecule has 25 heavy (non-hydrogen) atoms. The fraction of sp³-hybridized carbons (Fsp3) is 0.529. The molecule has 136 valence electrons. The van der Waals surface area contributed by atoms with E-state index in [1.807, 2.05) is 0 Å². The summed E-state index contributed by atoms with van der Waals surface area (Å²) in [6, 6.07) is 3.56. The third-order valence-electron chi connectivity index (χ3n) is 4.20. The molecule has 1 N–H and O–H groups in total. The number of benzene rings is 1. The standard InChI is InChI=1S/C17H23N3O5/c1-25-17(22)14-10-13(11-15(12-14)20(23)24)16(21)18-6-5-9-19-7-3-2-4-8-19/h10-12H,2-9H2,1H3,(H,18,21). The molecule has 1 aromatic carbocycles. The van der Waals surface area contributed by atoms with Crippen LogP contribution in [0.4, 0.5) is 5.69 Å². The number of non-ortho nitro benzene ring substituents is 1. The van der Waals surface area contributed by atoms with Crippen LogP contribution in [0.2, 0.25) is 0 Å². The molecule has 1 fully saturated rings. The van der Waals surface area contributed by atoms with Gasteiger partial charge in [-0.05, 0) is 45.0 Å². The quantitative estimate of drug-likeness (QED) is 0.349. The summed E-state index contributed by atoms with van der Waals surface area (Å²) in [5, 5.41) is 13.7. The van der Waals surface area contributed by atoms with Crippen molar-refractivity contribution < 1.29 is 19.2 Å².